The zero-order chi connectivity index (χ0) is 10.5. The van der Waals surface area contributed by atoms with Crippen LogP contribution in [-0.4, -0.2) is 0 Å². The average molecular weight is 290 g/mol. The van der Waals surface area contributed by atoms with E-state index in [4.69, 9.17) is 0 Å². The van der Waals surface area contributed by atoms with Crippen molar-refractivity contribution < 1.29 is 32.7 Å². The van der Waals surface area contributed by atoms with E-state index in [0.29, 0.717) is 0 Å². The molecule has 0 saturated heterocycles. The minimum Gasteiger partial charge on any atom is -0.184 e. The van der Waals surface area contributed by atoms with Crippen LogP contribution in [0.1, 0.15) is 44.6 Å². The molecular weight excluding hydrogens is 269 g/mol. The fourth-order valence-electron chi connectivity index (χ4n) is 2.58. The summed E-state index contributed by atoms with van der Waals surface area (Å²) in [7, 11) is 0. The number of benzene rings is 1. The maximum atomic E-state index is 3.08. The molecule has 1 saturated carbocycles. The predicted molar refractivity (Wildman–Crippen MR) is 64.7 cm³/mol. The zero-order valence-electron chi connectivity index (χ0n) is 10.3. The Morgan fingerprint density at radius 3 is 2.38 bits per heavy atom. The van der Waals surface area contributed by atoms with Gasteiger partial charge in [-0.15, -0.1) is 0 Å². The van der Waals surface area contributed by atoms with Gasteiger partial charge >= 0.3 is 32.7 Å². The van der Waals surface area contributed by atoms with E-state index < -0.39 is 0 Å². The van der Waals surface area contributed by atoms with Crippen molar-refractivity contribution in [3.05, 3.63) is 35.9 Å². The first kappa shape index (κ1) is 14.4. The smallest absolute Gasteiger partial charge is 0.184 e. The van der Waals surface area contributed by atoms with Crippen LogP contribution in [-0.2, 0) is 39.1 Å². The fraction of sp³-hybridized carbons (Fsp3) is 0.600. The molecule has 2 rings (SSSR count). The largest absolute Gasteiger partial charge is 3.00 e. The second kappa shape index (κ2) is 7.61. The summed E-state index contributed by atoms with van der Waals surface area (Å²) in [5.74, 6) is 1.97. The average Bonchev–Trinajstić information content (AvgIpc) is 2.30. The van der Waals surface area contributed by atoms with Gasteiger partial charge in [0.1, 0.15) is 0 Å². The molecule has 0 unspecified atom stereocenters. The Labute approximate surface area is 125 Å². The maximum absolute atomic E-state index is 3.08. The molecule has 0 atom stereocenters. The van der Waals surface area contributed by atoms with Crippen LogP contribution in [0, 0.1) is 17.9 Å². The fourth-order valence-corrected chi connectivity index (χ4v) is 2.58. The molecule has 0 spiro atoms. The summed E-state index contributed by atoms with van der Waals surface area (Å²) in [6.07, 6.45) is 8.46. The Balaban J connectivity index is 0.00000128. The third-order valence-corrected chi connectivity index (χ3v) is 3.76. The number of aryl methyl sites for hydroxylation is 1. The molecule has 82 valence electrons. The second-order valence-corrected chi connectivity index (χ2v) is 5.07. The molecule has 0 aromatic heterocycles. The second-order valence-electron chi connectivity index (χ2n) is 5.07. The molecule has 1 aliphatic rings. The Morgan fingerprint density at radius 1 is 1.12 bits per heavy atom. The van der Waals surface area contributed by atoms with Crippen LogP contribution in [0.2, 0.25) is 0 Å². The third kappa shape index (κ3) is 4.67. The van der Waals surface area contributed by atoms with Gasteiger partial charge in [0, 0.05) is 0 Å². The molecule has 0 aliphatic heterocycles. The van der Waals surface area contributed by atoms with Gasteiger partial charge in [-0.25, -0.2) is 0 Å². The summed E-state index contributed by atoms with van der Waals surface area (Å²) in [4.78, 5) is 0. The van der Waals surface area contributed by atoms with Gasteiger partial charge in [-0.2, -0.15) is 35.9 Å². The molecule has 16 heavy (non-hydrogen) atoms. The van der Waals surface area contributed by atoms with E-state index in [2.05, 4.69) is 25.1 Å². The van der Waals surface area contributed by atoms with E-state index in [-0.39, 0.29) is 32.7 Å². The molecule has 1 aromatic carbocycles. The van der Waals surface area contributed by atoms with Crippen LogP contribution < -0.4 is 0 Å². The van der Waals surface area contributed by atoms with Crippen LogP contribution in [0.25, 0.3) is 0 Å². The molecule has 0 nitrogen and oxygen atoms in total. The van der Waals surface area contributed by atoms with E-state index in [9.17, 15) is 0 Å². The van der Waals surface area contributed by atoms with Crippen molar-refractivity contribution in [2.24, 2.45) is 11.8 Å². The van der Waals surface area contributed by atoms with Crippen LogP contribution in [0.5, 0.6) is 0 Å². The van der Waals surface area contributed by atoms with Gasteiger partial charge in [0.25, 0.3) is 0 Å². The van der Waals surface area contributed by atoms with Gasteiger partial charge < -0.3 is 0 Å². The summed E-state index contributed by atoms with van der Waals surface area (Å²) in [5, 5.41) is 0. The van der Waals surface area contributed by atoms with E-state index >= 15 is 0 Å². The van der Waals surface area contributed by atoms with Gasteiger partial charge in [0.05, 0.1) is 0 Å². The minimum atomic E-state index is 0. The maximum Gasteiger partial charge on any atom is 3.00 e. The molecule has 1 aromatic rings. The van der Waals surface area contributed by atoms with Crippen molar-refractivity contribution >= 4 is 0 Å². The summed E-state index contributed by atoms with van der Waals surface area (Å²) >= 11 is 0. The Bertz CT molecular complexity index is 273. The van der Waals surface area contributed by atoms with Gasteiger partial charge in [0.15, 0.2) is 0 Å². The van der Waals surface area contributed by atoms with E-state index in [1.54, 1.807) is 0 Å². The Morgan fingerprint density at radius 2 is 1.75 bits per heavy atom. The van der Waals surface area contributed by atoms with Crippen molar-refractivity contribution in [1.29, 1.82) is 0 Å². The van der Waals surface area contributed by atoms with E-state index in [0.717, 1.165) is 11.8 Å². The normalized spacial score (nSPS) is 24.8. The van der Waals surface area contributed by atoms with E-state index in [1.807, 2.05) is 12.1 Å². The summed E-state index contributed by atoms with van der Waals surface area (Å²) in [5.41, 5.74) is 1.48. The van der Waals surface area contributed by atoms with Crippen molar-refractivity contribution in [1.82, 2.24) is 0 Å². The molecule has 0 heterocycles. The summed E-state index contributed by atoms with van der Waals surface area (Å²) in [6, 6.07) is 11.5. The standard InChI is InChI=1S/C15H21.Y/c1-13-7-9-15(10-8-13)12-11-14-5-3-2-4-6-14;/h3-6,13,15H,7-12H2,1H3;/q-1;+3. The zero-order valence-corrected chi connectivity index (χ0v) is 13.1. The van der Waals surface area contributed by atoms with Crippen LogP contribution in [0.3, 0.4) is 0 Å². The van der Waals surface area contributed by atoms with Gasteiger partial charge in [-0.3, -0.25) is 0 Å². The molecule has 0 radical (unpaired) electrons. The van der Waals surface area contributed by atoms with E-state index in [1.165, 1.54) is 44.1 Å². The van der Waals surface area contributed by atoms with Gasteiger partial charge in [-0.1, -0.05) is 39.0 Å². The van der Waals surface area contributed by atoms with Crippen molar-refractivity contribution in [2.75, 3.05) is 0 Å². The molecule has 1 fully saturated rings. The molecule has 0 N–H and O–H groups in total. The van der Waals surface area contributed by atoms with Crippen LogP contribution in [0.4, 0.5) is 0 Å². The third-order valence-electron chi connectivity index (χ3n) is 3.76. The molecule has 0 bridgehead atoms. The minimum absolute atomic E-state index is 0. The topological polar surface area (TPSA) is 0 Å². The van der Waals surface area contributed by atoms with Gasteiger partial charge in [-0.05, 0) is 18.3 Å². The molecule has 1 heteroatoms. The number of hydrogen-bond acceptors (Lipinski definition) is 0. The number of hydrogen-bond donors (Lipinski definition) is 0. The molecular formula is C15H21Y+2. The summed E-state index contributed by atoms with van der Waals surface area (Å²) < 4.78 is 0. The van der Waals surface area contributed by atoms with Crippen molar-refractivity contribution in [3.63, 3.8) is 0 Å². The predicted octanol–water partition coefficient (Wildman–Crippen LogP) is 4.24. The Hall–Kier alpha value is 0.324. The quantitative estimate of drug-likeness (QED) is 0.730. The monoisotopic (exact) mass is 290 g/mol. The molecule has 0 amide bonds. The summed E-state index contributed by atoms with van der Waals surface area (Å²) in [6.45, 7) is 2.39. The first-order chi connectivity index (χ1) is 7.34. The first-order valence-corrected chi connectivity index (χ1v) is 6.29. The van der Waals surface area contributed by atoms with Gasteiger partial charge in [0.2, 0.25) is 0 Å². The van der Waals surface area contributed by atoms with Crippen molar-refractivity contribution in [3.8, 4) is 0 Å². The van der Waals surface area contributed by atoms with Crippen molar-refractivity contribution in [2.45, 2.75) is 45.4 Å². The molecule has 1 aliphatic carbocycles. The SMILES string of the molecule is CC1CCC(CCc2cc[c-]cc2)CC1.[Y+3]. The van der Waals surface area contributed by atoms with Crippen LogP contribution in [0.15, 0.2) is 24.3 Å². The first-order valence-electron chi connectivity index (χ1n) is 6.29. The Kier molecular flexibility index (Phi) is 6.84. The van der Waals surface area contributed by atoms with Crippen LogP contribution >= 0.6 is 0 Å². The number of rotatable bonds is 3.